The molecule has 0 saturated heterocycles. The van der Waals surface area contributed by atoms with Crippen molar-refractivity contribution in [3.63, 3.8) is 0 Å². The molecule has 0 heterocycles. The van der Waals surface area contributed by atoms with Gasteiger partial charge in [0.1, 0.15) is 12.4 Å². The van der Waals surface area contributed by atoms with Crippen LogP contribution in [-0.2, 0) is 25.7 Å². The lowest BCUT2D eigenvalue weighted by atomic mass is 9.83. The summed E-state index contributed by atoms with van der Waals surface area (Å²) in [5.74, 6) is -4.52. The number of unbranched alkanes of at least 4 members (excludes halogenated alkanes) is 2. The number of carbonyl (C=O) groups excluding carboxylic acids is 3. The molecule has 0 N–H and O–H groups in total. The van der Waals surface area contributed by atoms with Crippen molar-refractivity contribution in [3.8, 4) is 0 Å². The largest absolute Gasteiger partial charge is 0.461 e. The van der Waals surface area contributed by atoms with Crippen molar-refractivity contribution in [2.45, 2.75) is 90.6 Å². The number of benzene rings is 1. The van der Waals surface area contributed by atoms with Crippen LogP contribution in [0, 0.1) is 17.8 Å². The van der Waals surface area contributed by atoms with Gasteiger partial charge in [0, 0.05) is 31.6 Å². The Kier molecular flexibility index (Phi) is 11.6. The standard InChI is InChI=1S/C28H38F2O4/c1-3-4-18-28(29,30)26(32)17-16-23-21(2)19-25(31)24(23)14-10-5-6-11-15-27(33)34-20-22-12-8-7-9-13-22/h5,7-10,12-13,21,23-24H,3-4,6,11,14-20H2,1-2H3/b10-5-/t21?,23-,24?/m0/s1. The summed E-state index contributed by atoms with van der Waals surface area (Å²) in [5, 5.41) is 0. The van der Waals surface area contributed by atoms with E-state index in [0.29, 0.717) is 51.4 Å². The zero-order chi connectivity index (χ0) is 25.0. The van der Waals surface area contributed by atoms with E-state index in [1.807, 2.05) is 56.3 Å². The van der Waals surface area contributed by atoms with Crippen molar-refractivity contribution < 1.29 is 27.9 Å². The Morgan fingerprint density at radius 3 is 2.56 bits per heavy atom. The molecule has 4 nitrogen and oxygen atoms in total. The number of alkyl halides is 2. The fourth-order valence-electron chi connectivity index (χ4n) is 4.60. The minimum Gasteiger partial charge on any atom is -0.461 e. The molecule has 1 saturated carbocycles. The Labute approximate surface area is 202 Å². The third kappa shape index (κ3) is 9.11. The van der Waals surface area contributed by atoms with Crippen LogP contribution in [0.25, 0.3) is 0 Å². The molecule has 0 aromatic heterocycles. The summed E-state index contributed by atoms with van der Waals surface area (Å²) in [7, 11) is 0. The zero-order valence-electron chi connectivity index (χ0n) is 20.4. The van der Waals surface area contributed by atoms with Gasteiger partial charge in [0.25, 0.3) is 0 Å². The first-order valence-corrected chi connectivity index (χ1v) is 12.5. The van der Waals surface area contributed by atoms with Gasteiger partial charge in [0.05, 0.1) is 0 Å². The van der Waals surface area contributed by atoms with Crippen molar-refractivity contribution >= 4 is 17.5 Å². The number of halogens is 2. The predicted molar refractivity (Wildman–Crippen MR) is 128 cm³/mol. The molecule has 2 unspecified atom stereocenters. The fraction of sp³-hybridized carbons (Fsp3) is 0.607. The number of hydrogen-bond donors (Lipinski definition) is 0. The van der Waals surface area contributed by atoms with Crippen LogP contribution in [0.4, 0.5) is 8.78 Å². The molecule has 0 aliphatic heterocycles. The Hall–Kier alpha value is -2.37. The first-order chi connectivity index (χ1) is 16.2. The van der Waals surface area contributed by atoms with Gasteiger partial charge < -0.3 is 4.74 Å². The molecule has 1 aliphatic carbocycles. The van der Waals surface area contributed by atoms with E-state index in [2.05, 4.69) is 0 Å². The molecule has 1 aliphatic rings. The van der Waals surface area contributed by atoms with Gasteiger partial charge in [-0.05, 0) is 49.5 Å². The average Bonchev–Trinajstić information content (AvgIpc) is 3.09. The van der Waals surface area contributed by atoms with E-state index in [1.54, 1.807) is 0 Å². The van der Waals surface area contributed by atoms with E-state index in [-0.39, 0.29) is 42.5 Å². The van der Waals surface area contributed by atoms with Gasteiger partial charge in [-0.15, -0.1) is 0 Å². The lowest BCUT2D eigenvalue weighted by molar-refractivity contribution is -0.145. The van der Waals surface area contributed by atoms with Crippen LogP contribution < -0.4 is 0 Å². The Bertz CT molecular complexity index is 819. The lowest BCUT2D eigenvalue weighted by Crippen LogP contribution is -2.29. The van der Waals surface area contributed by atoms with E-state index in [9.17, 15) is 23.2 Å². The summed E-state index contributed by atoms with van der Waals surface area (Å²) in [6.07, 6.45) is 7.29. The maximum Gasteiger partial charge on any atom is 0.306 e. The summed E-state index contributed by atoms with van der Waals surface area (Å²) in [4.78, 5) is 36.4. The minimum atomic E-state index is -3.26. The minimum absolute atomic E-state index is 0.0453. The molecule has 6 heteroatoms. The summed E-state index contributed by atoms with van der Waals surface area (Å²) in [5.41, 5.74) is 0.951. The zero-order valence-corrected chi connectivity index (χ0v) is 20.4. The van der Waals surface area contributed by atoms with E-state index in [0.717, 1.165) is 5.56 Å². The van der Waals surface area contributed by atoms with Crippen LogP contribution in [0.2, 0.25) is 0 Å². The van der Waals surface area contributed by atoms with Crippen molar-refractivity contribution in [1.82, 2.24) is 0 Å². The van der Waals surface area contributed by atoms with E-state index in [4.69, 9.17) is 4.74 Å². The number of Topliss-reactive ketones (excluding diaryl/α,β-unsaturated/α-hetero) is 2. The lowest BCUT2D eigenvalue weighted by Gasteiger charge is -2.22. The van der Waals surface area contributed by atoms with Crippen molar-refractivity contribution in [2.24, 2.45) is 17.8 Å². The van der Waals surface area contributed by atoms with Crippen molar-refractivity contribution in [1.29, 1.82) is 0 Å². The van der Waals surface area contributed by atoms with Crippen molar-refractivity contribution in [2.75, 3.05) is 0 Å². The molecule has 0 amide bonds. The summed E-state index contributed by atoms with van der Waals surface area (Å²) >= 11 is 0. The molecule has 3 atom stereocenters. The van der Waals surface area contributed by atoms with Crippen molar-refractivity contribution in [3.05, 3.63) is 48.0 Å². The quantitative estimate of drug-likeness (QED) is 0.158. The normalized spacial score (nSPS) is 20.7. The third-order valence-electron chi connectivity index (χ3n) is 6.69. The molecule has 188 valence electrons. The number of rotatable bonds is 15. The SMILES string of the molecule is CCCCC(F)(F)C(=O)CC[C@H]1C(C)CC(=O)C1C/C=C\CCCC(=O)OCc1ccccc1. The van der Waals surface area contributed by atoms with Gasteiger partial charge >= 0.3 is 11.9 Å². The average molecular weight is 477 g/mol. The van der Waals surface area contributed by atoms with E-state index >= 15 is 0 Å². The number of esters is 1. The fourth-order valence-corrected chi connectivity index (χ4v) is 4.60. The van der Waals surface area contributed by atoms with E-state index < -0.39 is 18.1 Å². The number of carbonyl (C=O) groups is 3. The van der Waals surface area contributed by atoms with E-state index in [1.165, 1.54) is 0 Å². The highest BCUT2D eigenvalue weighted by molar-refractivity contribution is 5.86. The smallest absolute Gasteiger partial charge is 0.306 e. The molecule has 0 spiro atoms. The summed E-state index contributed by atoms with van der Waals surface area (Å²) < 4.78 is 33.3. The second-order valence-corrected chi connectivity index (χ2v) is 9.43. The van der Waals surface area contributed by atoms with Gasteiger partial charge in [0.15, 0.2) is 0 Å². The van der Waals surface area contributed by atoms with Crippen LogP contribution in [0.3, 0.4) is 0 Å². The number of ether oxygens (including phenoxy) is 1. The highest BCUT2D eigenvalue weighted by Crippen LogP contribution is 2.40. The Balaban J connectivity index is 1.71. The van der Waals surface area contributed by atoms with Gasteiger partial charge in [-0.3, -0.25) is 14.4 Å². The van der Waals surface area contributed by atoms with Gasteiger partial charge in [0.2, 0.25) is 5.78 Å². The van der Waals surface area contributed by atoms with Gasteiger partial charge in [-0.1, -0.05) is 62.8 Å². The second-order valence-electron chi connectivity index (χ2n) is 9.43. The molecule has 2 rings (SSSR count). The Morgan fingerprint density at radius 2 is 1.85 bits per heavy atom. The number of ketones is 2. The van der Waals surface area contributed by atoms with Gasteiger partial charge in [-0.25, -0.2) is 0 Å². The van der Waals surface area contributed by atoms with Crippen LogP contribution in [-0.4, -0.2) is 23.5 Å². The molecular weight excluding hydrogens is 438 g/mol. The maximum atomic E-state index is 14.0. The highest BCUT2D eigenvalue weighted by atomic mass is 19.3. The molecule has 0 bridgehead atoms. The van der Waals surface area contributed by atoms with Crippen LogP contribution in [0.5, 0.6) is 0 Å². The first kappa shape index (κ1) is 27.9. The van der Waals surface area contributed by atoms with Gasteiger partial charge in [-0.2, -0.15) is 8.78 Å². The van der Waals surface area contributed by atoms with Crippen LogP contribution in [0.15, 0.2) is 42.5 Å². The Morgan fingerprint density at radius 1 is 1.12 bits per heavy atom. The predicted octanol–water partition coefficient (Wildman–Crippen LogP) is 6.86. The molecule has 34 heavy (non-hydrogen) atoms. The monoisotopic (exact) mass is 476 g/mol. The maximum absolute atomic E-state index is 14.0. The molecular formula is C28H38F2O4. The molecule has 1 fully saturated rings. The van der Waals surface area contributed by atoms with Crippen LogP contribution in [0.1, 0.15) is 83.6 Å². The molecule has 1 aromatic rings. The summed E-state index contributed by atoms with van der Waals surface area (Å²) in [6, 6.07) is 9.52. The number of hydrogen-bond acceptors (Lipinski definition) is 4. The first-order valence-electron chi connectivity index (χ1n) is 12.5. The number of allylic oxidation sites excluding steroid dienone is 2. The van der Waals surface area contributed by atoms with Crippen LogP contribution >= 0.6 is 0 Å². The highest BCUT2D eigenvalue weighted by Gasteiger charge is 2.42. The third-order valence-corrected chi connectivity index (χ3v) is 6.69. The summed E-state index contributed by atoms with van der Waals surface area (Å²) in [6.45, 7) is 4.06. The second kappa shape index (κ2) is 14.1. The molecule has 0 radical (unpaired) electrons. The molecule has 1 aromatic carbocycles. The topological polar surface area (TPSA) is 60.4 Å².